The molecule has 170 valence electrons. The Morgan fingerprint density at radius 2 is 1.97 bits per heavy atom. The van der Waals surface area contributed by atoms with Gasteiger partial charge in [0.15, 0.2) is 5.16 Å². The Bertz CT molecular complexity index is 1440. The number of fused-ring (bicyclic) bond motifs is 3. The molecule has 1 aliphatic heterocycles. The van der Waals surface area contributed by atoms with Crippen molar-refractivity contribution in [2.24, 2.45) is 0 Å². The Morgan fingerprint density at radius 1 is 1.18 bits per heavy atom. The second kappa shape index (κ2) is 8.75. The SMILES string of the molecule is Cc1ccccc1-n1c(SCc2ccc(Cl)c(Cl)c2)nc2sc3c(c2c1=O)CC(C)(C)OC3. The smallest absolute Gasteiger partial charge is 0.267 e. The van der Waals surface area contributed by atoms with E-state index in [4.69, 9.17) is 32.9 Å². The van der Waals surface area contributed by atoms with Crippen LogP contribution in [0, 0.1) is 6.92 Å². The maximum atomic E-state index is 14.0. The molecule has 0 bridgehead atoms. The van der Waals surface area contributed by atoms with E-state index >= 15 is 0 Å². The molecule has 0 saturated heterocycles. The van der Waals surface area contributed by atoms with Crippen LogP contribution in [0.25, 0.3) is 15.9 Å². The fourth-order valence-electron chi connectivity index (χ4n) is 4.07. The predicted molar refractivity (Wildman–Crippen MR) is 139 cm³/mol. The molecule has 4 aromatic rings. The monoisotopic (exact) mass is 516 g/mol. The fraction of sp³-hybridized carbons (Fsp3) is 0.280. The zero-order chi connectivity index (χ0) is 23.3. The van der Waals surface area contributed by atoms with Crippen molar-refractivity contribution in [1.82, 2.24) is 9.55 Å². The minimum absolute atomic E-state index is 0.0267. The van der Waals surface area contributed by atoms with Crippen LogP contribution in [0.4, 0.5) is 0 Å². The predicted octanol–water partition coefficient (Wildman–Crippen LogP) is 7.21. The highest BCUT2D eigenvalue weighted by Gasteiger charge is 2.31. The number of thiophene rings is 1. The van der Waals surface area contributed by atoms with Gasteiger partial charge in [0.2, 0.25) is 0 Å². The number of halogens is 2. The average Bonchev–Trinajstić information content (AvgIpc) is 3.12. The Hall–Kier alpha value is -1.83. The van der Waals surface area contributed by atoms with Gasteiger partial charge < -0.3 is 4.74 Å². The van der Waals surface area contributed by atoms with Crippen molar-refractivity contribution >= 4 is 56.5 Å². The zero-order valence-electron chi connectivity index (χ0n) is 18.4. The molecule has 4 nitrogen and oxygen atoms in total. The van der Waals surface area contributed by atoms with E-state index in [0.717, 1.165) is 32.1 Å². The van der Waals surface area contributed by atoms with Gasteiger partial charge in [-0.25, -0.2) is 4.98 Å². The van der Waals surface area contributed by atoms with E-state index in [-0.39, 0.29) is 11.2 Å². The van der Waals surface area contributed by atoms with E-state index in [2.05, 4.69) is 13.8 Å². The summed E-state index contributed by atoms with van der Waals surface area (Å²) in [6.45, 7) is 6.65. The van der Waals surface area contributed by atoms with E-state index in [0.29, 0.717) is 39.4 Å². The van der Waals surface area contributed by atoms with Gasteiger partial charge in [-0.2, -0.15) is 0 Å². The van der Waals surface area contributed by atoms with Crippen molar-refractivity contribution in [3.63, 3.8) is 0 Å². The fourth-order valence-corrected chi connectivity index (χ4v) is 6.49. The molecule has 33 heavy (non-hydrogen) atoms. The number of hydrogen-bond donors (Lipinski definition) is 0. The van der Waals surface area contributed by atoms with Crippen LogP contribution in [-0.2, 0) is 23.5 Å². The zero-order valence-corrected chi connectivity index (χ0v) is 21.6. The van der Waals surface area contributed by atoms with Gasteiger partial charge in [0, 0.05) is 17.1 Å². The summed E-state index contributed by atoms with van der Waals surface area (Å²) in [4.78, 5) is 20.8. The van der Waals surface area contributed by atoms with Gasteiger partial charge in [-0.05, 0) is 55.7 Å². The molecule has 0 amide bonds. The highest BCUT2D eigenvalue weighted by molar-refractivity contribution is 7.98. The number of para-hydroxylation sites is 1. The van der Waals surface area contributed by atoms with Gasteiger partial charge in [-0.1, -0.05) is 59.2 Å². The molecule has 0 N–H and O–H groups in total. The Kier molecular flexibility index (Phi) is 6.08. The van der Waals surface area contributed by atoms with Gasteiger partial charge in [0.25, 0.3) is 5.56 Å². The van der Waals surface area contributed by atoms with E-state index in [9.17, 15) is 4.79 Å². The summed E-state index contributed by atoms with van der Waals surface area (Å²) in [6.07, 6.45) is 0.697. The molecule has 0 radical (unpaired) electrons. The minimum atomic E-state index is -0.303. The molecule has 0 fully saturated rings. The molecule has 2 aromatic carbocycles. The highest BCUT2D eigenvalue weighted by Crippen LogP contribution is 2.38. The summed E-state index contributed by atoms with van der Waals surface area (Å²) in [5.41, 5.74) is 3.63. The van der Waals surface area contributed by atoms with E-state index in [1.807, 2.05) is 43.3 Å². The molecule has 0 unspecified atom stereocenters. The molecular formula is C25H22Cl2N2O2S2. The van der Waals surface area contributed by atoms with Gasteiger partial charge in [-0.3, -0.25) is 9.36 Å². The minimum Gasteiger partial charge on any atom is -0.370 e. The van der Waals surface area contributed by atoms with Crippen molar-refractivity contribution < 1.29 is 4.74 Å². The number of ether oxygens (including phenoxy) is 1. The number of thioether (sulfide) groups is 1. The lowest BCUT2D eigenvalue weighted by molar-refractivity contribution is -0.0379. The molecule has 0 spiro atoms. The normalized spacial score (nSPS) is 15.1. The summed E-state index contributed by atoms with van der Waals surface area (Å²) in [5.74, 6) is 0.613. The largest absolute Gasteiger partial charge is 0.370 e. The van der Waals surface area contributed by atoms with Crippen molar-refractivity contribution in [2.75, 3.05) is 0 Å². The standard InChI is InChI=1S/C25H22Cl2N2O2S2/c1-14-6-4-5-7-19(14)29-23(30)21-16-11-25(2,3)31-12-20(16)33-22(21)28-24(29)32-13-15-8-9-17(26)18(27)10-15/h4-10H,11-13H2,1-3H3. The van der Waals surface area contributed by atoms with E-state index in [1.54, 1.807) is 22.0 Å². The highest BCUT2D eigenvalue weighted by atomic mass is 35.5. The number of rotatable bonds is 4. The first-order chi connectivity index (χ1) is 15.7. The second-order valence-electron chi connectivity index (χ2n) is 8.77. The molecule has 0 aliphatic carbocycles. The van der Waals surface area contributed by atoms with Gasteiger partial charge in [-0.15, -0.1) is 11.3 Å². The first-order valence-corrected chi connectivity index (χ1v) is 13.1. The van der Waals surface area contributed by atoms with Crippen LogP contribution in [0.2, 0.25) is 10.0 Å². The quantitative estimate of drug-likeness (QED) is 0.212. The number of nitrogens with zero attached hydrogens (tertiary/aromatic N) is 2. The first kappa shape index (κ1) is 22.9. The summed E-state index contributed by atoms with van der Waals surface area (Å²) in [7, 11) is 0. The molecule has 0 saturated carbocycles. The summed E-state index contributed by atoms with van der Waals surface area (Å²) < 4.78 is 7.76. The Labute approximate surface area is 210 Å². The first-order valence-electron chi connectivity index (χ1n) is 10.6. The van der Waals surface area contributed by atoms with E-state index < -0.39 is 0 Å². The topological polar surface area (TPSA) is 44.1 Å². The number of aryl methyl sites for hydroxylation is 1. The summed E-state index contributed by atoms with van der Waals surface area (Å²) in [5, 5.41) is 2.42. The molecular weight excluding hydrogens is 495 g/mol. The van der Waals surface area contributed by atoms with Crippen LogP contribution < -0.4 is 5.56 Å². The maximum absolute atomic E-state index is 14.0. The number of aromatic nitrogens is 2. The van der Waals surface area contributed by atoms with Gasteiger partial charge in [0.1, 0.15) is 4.83 Å². The second-order valence-corrected chi connectivity index (χ2v) is 11.6. The third-order valence-corrected chi connectivity index (χ3v) is 8.63. The van der Waals surface area contributed by atoms with Gasteiger partial charge >= 0.3 is 0 Å². The van der Waals surface area contributed by atoms with Gasteiger partial charge in [0.05, 0.1) is 33.3 Å². The summed E-state index contributed by atoms with van der Waals surface area (Å²) >= 11 is 15.4. The molecule has 8 heteroatoms. The van der Waals surface area contributed by atoms with Crippen molar-refractivity contribution in [3.05, 3.63) is 84.4 Å². The number of benzene rings is 2. The third-order valence-electron chi connectivity index (χ3n) is 5.78. The van der Waals surface area contributed by atoms with Crippen LogP contribution in [0.5, 0.6) is 0 Å². The van der Waals surface area contributed by atoms with Crippen LogP contribution in [0.3, 0.4) is 0 Å². The van der Waals surface area contributed by atoms with Crippen LogP contribution in [0.1, 0.15) is 35.4 Å². The maximum Gasteiger partial charge on any atom is 0.267 e. The summed E-state index contributed by atoms with van der Waals surface area (Å²) in [6, 6.07) is 13.5. The number of hydrogen-bond acceptors (Lipinski definition) is 5. The van der Waals surface area contributed by atoms with Crippen LogP contribution in [-0.4, -0.2) is 15.2 Å². The molecule has 2 aromatic heterocycles. The molecule has 5 rings (SSSR count). The van der Waals surface area contributed by atoms with Crippen molar-refractivity contribution in [3.8, 4) is 5.69 Å². The Balaban J connectivity index is 1.67. The lowest BCUT2D eigenvalue weighted by Gasteiger charge is -2.30. The lowest BCUT2D eigenvalue weighted by Crippen LogP contribution is -2.32. The Morgan fingerprint density at radius 3 is 2.73 bits per heavy atom. The lowest BCUT2D eigenvalue weighted by atomic mass is 9.94. The van der Waals surface area contributed by atoms with Crippen LogP contribution >= 0.6 is 46.3 Å². The third kappa shape index (κ3) is 4.35. The molecule has 3 heterocycles. The van der Waals surface area contributed by atoms with E-state index in [1.165, 1.54) is 11.8 Å². The average molecular weight is 518 g/mol. The van der Waals surface area contributed by atoms with Crippen molar-refractivity contribution in [1.29, 1.82) is 0 Å². The van der Waals surface area contributed by atoms with Crippen LogP contribution in [0.15, 0.2) is 52.4 Å². The van der Waals surface area contributed by atoms with Crippen molar-refractivity contribution in [2.45, 2.75) is 50.3 Å². The molecule has 1 aliphatic rings. The molecule has 0 atom stereocenters.